The van der Waals surface area contributed by atoms with Gasteiger partial charge in [-0.15, -0.1) is 0 Å². The summed E-state index contributed by atoms with van der Waals surface area (Å²) < 4.78 is 39.2. The number of aliphatic hydroxyl groups excluding tert-OH is 1. The Morgan fingerprint density at radius 3 is 2.05 bits per heavy atom. The van der Waals surface area contributed by atoms with Gasteiger partial charge in [0.1, 0.15) is 17.5 Å². The molecule has 106 valence electrons. The van der Waals surface area contributed by atoms with Gasteiger partial charge in [0.2, 0.25) is 0 Å². The second-order valence-electron chi connectivity index (χ2n) is 4.87. The van der Waals surface area contributed by atoms with Gasteiger partial charge in [-0.3, -0.25) is 0 Å². The fourth-order valence-corrected chi connectivity index (χ4v) is 2.16. The highest BCUT2D eigenvalue weighted by Crippen LogP contribution is 2.16. The third kappa shape index (κ3) is 3.61. The van der Waals surface area contributed by atoms with E-state index in [-0.39, 0.29) is 17.8 Å². The average Bonchev–Trinajstić information content (AvgIpc) is 2.36. The van der Waals surface area contributed by atoms with Gasteiger partial charge in [-0.05, 0) is 48.2 Å². The number of hydrogen-bond donors (Lipinski definition) is 1. The molecule has 2 rings (SSSR count). The first-order valence-electron chi connectivity index (χ1n) is 6.32. The molecule has 0 saturated heterocycles. The summed E-state index contributed by atoms with van der Waals surface area (Å²) in [6, 6.07) is 7.61. The van der Waals surface area contributed by atoms with E-state index < -0.39 is 17.7 Å². The minimum Gasteiger partial charge on any atom is -0.392 e. The summed E-state index contributed by atoms with van der Waals surface area (Å²) in [5.41, 5.74) is 1.81. The molecular formula is C16H15F3O. The quantitative estimate of drug-likeness (QED) is 0.908. The summed E-state index contributed by atoms with van der Waals surface area (Å²) in [6.45, 7) is 1.75. The van der Waals surface area contributed by atoms with Crippen LogP contribution < -0.4 is 0 Å². The SMILES string of the molecule is Cc1cc(F)ccc1CC(O)Cc1ccc(F)cc1F. The Morgan fingerprint density at radius 1 is 0.900 bits per heavy atom. The lowest BCUT2D eigenvalue weighted by Gasteiger charge is -2.13. The van der Waals surface area contributed by atoms with Gasteiger partial charge in [0.05, 0.1) is 6.10 Å². The van der Waals surface area contributed by atoms with Crippen LogP contribution >= 0.6 is 0 Å². The van der Waals surface area contributed by atoms with Gasteiger partial charge in [0, 0.05) is 12.5 Å². The van der Waals surface area contributed by atoms with Crippen molar-refractivity contribution in [2.24, 2.45) is 0 Å². The number of rotatable bonds is 4. The van der Waals surface area contributed by atoms with Gasteiger partial charge in [0.25, 0.3) is 0 Å². The number of benzene rings is 2. The molecule has 1 N–H and O–H groups in total. The summed E-state index contributed by atoms with van der Waals surface area (Å²) in [5, 5.41) is 9.99. The highest BCUT2D eigenvalue weighted by atomic mass is 19.1. The summed E-state index contributed by atoms with van der Waals surface area (Å²) >= 11 is 0. The lowest BCUT2D eigenvalue weighted by Crippen LogP contribution is -2.15. The molecule has 0 aromatic heterocycles. The zero-order valence-electron chi connectivity index (χ0n) is 11.0. The van der Waals surface area contributed by atoms with Crippen molar-refractivity contribution in [2.75, 3.05) is 0 Å². The van der Waals surface area contributed by atoms with E-state index in [4.69, 9.17) is 0 Å². The van der Waals surface area contributed by atoms with E-state index in [0.29, 0.717) is 6.42 Å². The Kier molecular flexibility index (Phi) is 4.45. The van der Waals surface area contributed by atoms with E-state index in [9.17, 15) is 18.3 Å². The zero-order chi connectivity index (χ0) is 14.7. The molecule has 0 spiro atoms. The van der Waals surface area contributed by atoms with Crippen LogP contribution in [-0.4, -0.2) is 11.2 Å². The van der Waals surface area contributed by atoms with Crippen LogP contribution in [0.15, 0.2) is 36.4 Å². The number of halogens is 3. The van der Waals surface area contributed by atoms with Crippen molar-refractivity contribution in [3.05, 3.63) is 70.5 Å². The largest absolute Gasteiger partial charge is 0.392 e. The summed E-state index contributed by atoms with van der Waals surface area (Å²) in [5.74, 6) is -1.64. The van der Waals surface area contributed by atoms with Gasteiger partial charge in [-0.25, -0.2) is 13.2 Å². The topological polar surface area (TPSA) is 20.2 Å². The fourth-order valence-electron chi connectivity index (χ4n) is 2.16. The fraction of sp³-hybridized carbons (Fsp3) is 0.250. The molecule has 4 heteroatoms. The molecule has 0 heterocycles. The molecule has 20 heavy (non-hydrogen) atoms. The first-order valence-corrected chi connectivity index (χ1v) is 6.32. The minimum absolute atomic E-state index is 0.0862. The van der Waals surface area contributed by atoms with Crippen LogP contribution in [0.3, 0.4) is 0 Å². The minimum atomic E-state index is -0.806. The van der Waals surface area contributed by atoms with Crippen molar-refractivity contribution >= 4 is 0 Å². The molecule has 2 aromatic carbocycles. The van der Waals surface area contributed by atoms with Crippen LogP contribution in [0, 0.1) is 24.4 Å². The third-order valence-electron chi connectivity index (χ3n) is 3.23. The predicted octanol–water partition coefficient (Wildman–Crippen LogP) is 3.56. The van der Waals surface area contributed by atoms with Crippen LogP contribution in [0.25, 0.3) is 0 Å². The van der Waals surface area contributed by atoms with Crippen molar-refractivity contribution in [1.82, 2.24) is 0 Å². The lowest BCUT2D eigenvalue weighted by molar-refractivity contribution is 0.174. The molecule has 0 aliphatic rings. The van der Waals surface area contributed by atoms with Gasteiger partial charge in [-0.2, -0.15) is 0 Å². The Hall–Kier alpha value is -1.81. The monoisotopic (exact) mass is 280 g/mol. The first kappa shape index (κ1) is 14.6. The highest BCUT2D eigenvalue weighted by Gasteiger charge is 2.12. The van der Waals surface area contributed by atoms with Crippen molar-refractivity contribution in [2.45, 2.75) is 25.9 Å². The number of aliphatic hydroxyl groups is 1. The van der Waals surface area contributed by atoms with Gasteiger partial charge in [0.15, 0.2) is 0 Å². The lowest BCUT2D eigenvalue weighted by atomic mass is 9.98. The third-order valence-corrected chi connectivity index (χ3v) is 3.23. The van der Waals surface area contributed by atoms with E-state index in [0.717, 1.165) is 23.3 Å². The Balaban J connectivity index is 2.07. The van der Waals surface area contributed by atoms with Crippen molar-refractivity contribution < 1.29 is 18.3 Å². The molecule has 2 aromatic rings. The number of hydrogen-bond acceptors (Lipinski definition) is 1. The first-order chi connectivity index (χ1) is 9.45. The van der Waals surface area contributed by atoms with Crippen LogP contribution in [0.4, 0.5) is 13.2 Å². The second-order valence-corrected chi connectivity index (χ2v) is 4.87. The Morgan fingerprint density at radius 2 is 1.45 bits per heavy atom. The second kappa shape index (κ2) is 6.09. The smallest absolute Gasteiger partial charge is 0.129 e. The van der Waals surface area contributed by atoms with E-state index in [1.807, 2.05) is 0 Å². The Bertz CT molecular complexity index is 557. The molecule has 0 bridgehead atoms. The summed E-state index contributed by atoms with van der Waals surface area (Å²) in [6.07, 6.45) is -0.426. The van der Waals surface area contributed by atoms with Crippen LogP contribution in [-0.2, 0) is 12.8 Å². The molecule has 0 fully saturated rings. The number of aryl methyl sites for hydroxylation is 1. The maximum atomic E-state index is 13.5. The standard InChI is InChI=1S/C16H15F3O/c1-10-6-13(17)4-2-11(10)7-15(20)8-12-3-5-14(18)9-16(12)19/h2-6,9,15,20H,7-8H2,1H3. The molecule has 0 aliphatic heterocycles. The van der Waals surface area contributed by atoms with Crippen molar-refractivity contribution in [3.63, 3.8) is 0 Å². The maximum Gasteiger partial charge on any atom is 0.129 e. The van der Waals surface area contributed by atoms with Gasteiger partial charge >= 0.3 is 0 Å². The van der Waals surface area contributed by atoms with E-state index >= 15 is 0 Å². The van der Waals surface area contributed by atoms with E-state index in [1.165, 1.54) is 18.2 Å². The van der Waals surface area contributed by atoms with Crippen molar-refractivity contribution in [3.8, 4) is 0 Å². The molecule has 0 aliphatic carbocycles. The molecule has 1 nitrogen and oxygen atoms in total. The zero-order valence-corrected chi connectivity index (χ0v) is 11.0. The van der Waals surface area contributed by atoms with E-state index in [1.54, 1.807) is 13.0 Å². The average molecular weight is 280 g/mol. The van der Waals surface area contributed by atoms with E-state index in [2.05, 4.69) is 0 Å². The molecular weight excluding hydrogens is 265 g/mol. The van der Waals surface area contributed by atoms with Crippen LogP contribution in [0.2, 0.25) is 0 Å². The maximum absolute atomic E-state index is 13.5. The van der Waals surface area contributed by atoms with Crippen molar-refractivity contribution in [1.29, 1.82) is 0 Å². The molecule has 1 atom stereocenters. The Labute approximate surface area is 115 Å². The molecule has 1 unspecified atom stereocenters. The summed E-state index contributed by atoms with van der Waals surface area (Å²) in [7, 11) is 0. The predicted molar refractivity (Wildman–Crippen MR) is 70.9 cm³/mol. The van der Waals surface area contributed by atoms with Gasteiger partial charge < -0.3 is 5.11 Å². The molecule has 0 saturated carbocycles. The van der Waals surface area contributed by atoms with Crippen LogP contribution in [0.5, 0.6) is 0 Å². The molecule has 0 radical (unpaired) electrons. The highest BCUT2D eigenvalue weighted by molar-refractivity contribution is 5.28. The van der Waals surface area contributed by atoms with Gasteiger partial charge in [-0.1, -0.05) is 12.1 Å². The summed E-state index contributed by atoms with van der Waals surface area (Å²) in [4.78, 5) is 0. The molecule has 0 amide bonds. The normalized spacial score (nSPS) is 12.4. The van der Waals surface area contributed by atoms with Crippen LogP contribution in [0.1, 0.15) is 16.7 Å².